The number of carbonyl (C=O) groups excluding carboxylic acids is 3. The number of carboxylic acid groups (broad SMARTS) is 1. The van der Waals surface area contributed by atoms with Crippen LogP contribution in [-0.2, 0) is 44.9 Å². The van der Waals surface area contributed by atoms with Gasteiger partial charge in [-0.25, -0.2) is 14.8 Å². The first kappa shape index (κ1) is 32.2. The molecular formula is C30H34N8O7. The summed E-state index contributed by atoms with van der Waals surface area (Å²) in [5.41, 5.74) is 8.40. The van der Waals surface area contributed by atoms with Crippen molar-refractivity contribution in [3.05, 3.63) is 96.1 Å². The number of hydrogen-bond acceptors (Lipinski definition) is 9. The maximum Gasteiger partial charge on any atom is 0.326 e. The van der Waals surface area contributed by atoms with Crippen LogP contribution in [0.4, 0.5) is 0 Å². The number of aliphatic carboxylic acids is 1. The Labute approximate surface area is 257 Å². The molecule has 0 saturated heterocycles. The van der Waals surface area contributed by atoms with Crippen LogP contribution in [0.3, 0.4) is 0 Å². The smallest absolute Gasteiger partial charge is 0.326 e. The topological polar surface area (TPSA) is 248 Å². The van der Waals surface area contributed by atoms with E-state index in [1.54, 1.807) is 12.1 Å². The van der Waals surface area contributed by atoms with Crippen LogP contribution in [0.15, 0.2) is 73.6 Å². The number of imidazole rings is 2. The number of H-pyrrole nitrogens is 2. The van der Waals surface area contributed by atoms with E-state index in [4.69, 9.17) is 5.73 Å². The molecule has 4 rings (SSSR count). The SMILES string of the molecule is NC(Cc1ccc(O)cc1)C(=O)NC(Cc1cnc[nH]1)C(=O)NC(Cc1cnc[nH]1)C(=O)NC(Cc1ccc(O)cc1)C(=O)O. The molecule has 0 spiro atoms. The number of nitrogens with zero attached hydrogens (tertiary/aromatic N) is 2. The van der Waals surface area contributed by atoms with Gasteiger partial charge in [0.1, 0.15) is 29.6 Å². The third-order valence-electron chi connectivity index (χ3n) is 6.94. The average Bonchev–Trinajstić information content (AvgIpc) is 3.73. The van der Waals surface area contributed by atoms with Gasteiger partial charge in [-0.15, -0.1) is 0 Å². The minimum absolute atomic E-state index is 0.00933. The van der Waals surface area contributed by atoms with E-state index in [2.05, 4.69) is 35.9 Å². The molecule has 0 radical (unpaired) electrons. The molecule has 4 unspecified atom stereocenters. The Bertz CT molecular complexity index is 1560. The zero-order valence-electron chi connectivity index (χ0n) is 24.0. The van der Waals surface area contributed by atoms with E-state index in [9.17, 15) is 34.5 Å². The molecule has 2 aromatic carbocycles. The number of aromatic amines is 2. The van der Waals surface area contributed by atoms with Crippen molar-refractivity contribution in [2.24, 2.45) is 5.73 Å². The highest BCUT2D eigenvalue weighted by molar-refractivity contribution is 5.94. The van der Waals surface area contributed by atoms with Crippen LogP contribution >= 0.6 is 0 Å². The molecule has 10 N–H and O–H groups in total. The second-order valence-corrected chi connectivity index (χ2v) is 10.4. The minimum atomic E-state index is -1.35. The number of aromatic nitrogens is 4. The van der Waals surface area contributed by atoms with E-state index < -0.39 is 47.9 Å². The average molecular weight is 619 g/mol. The fourth-order valence-corrected chi connectivity index (χ4v) is 4.52. The van der Waals surface area contributed by atoms with Crippen LogP contribution in [0, 0.1) is 0 Å². The van der Waals surface area contributed by atoms with Gasteiger partial charge in [0.25, 0.3) is 0 Å². The summed E-state index contributed by atoms with van der Waals surface area (Å²) in [5.74, 6) is -3.35. The molecule has 0 bridgehead atoms. The summed E-state index contributed by atoms with van der Waals surface area (Å²) in [4.78, 5) is 65.8. The molecule has 45 heavy (non-hydrogen) atoms. The van der Waals surface area contributed by atoms with E-state index in [1.807, 2.05) is 0 Å². The van der Waals surface area contributed by atoms with Crippen molar-refractivity contribution in [2.75, 3.05) is 0 Å². The zero-order valence-corrected chi connectivity index (χ0v) is 24.0. The van der Waals surface area contributed by atoms with Gasteiger partial charge in [0.2, 0.25) is 17.7 Å². The molecule has 15 heteroatoms. The maximum atomic E-state index is 13.6. The number of carboxylic acids is 1. The highest BCUT2D eigenvalue weighted by Crippen LogP contribution is 2.13. The largest absolute Gasteiger partial charge is 0.508 e. The number of benzene rings is 2. The first-order chi connectivity index (χ1) is 21.6. The van der Waals surface area contributed by atoms with E-state index >= 15 is 0 Å². The lowest BCUT2D eigenvalue weighted by Crippen LogP contribution is -2.58. The molecule has 4 atom stereocenters. The predicted molar refractivity (Wildman–Crippen MR) is 160 cm³/mol. The summed E-state index contributed by atoms with van der Waals surface area (Å²) in [5, 5.41) is 36.6. The number of carbonyl (C=O) groups is 4. The summed E-state index contributed by atoms with van der Waals surface area (Å²) in [6.45, 7) is 0. The van der Waals surface area contributed by atoms with Gasteiger partial charge in [-0.3, -0.25) is 14.4 Å². The second kappa shape index (κ2) is 15.2. The molecule has 236 valence electrons. The van der Waals surface area contributed by atoms with Crippen LogP contribution in [0.1, 0.15) is 22.5 Å². The van der Waals surface area contributed by atoms with Crippen molar-refractivity contribution in [1.82, 2.24) is 35.9 Å². The van der Waals surface area contributed by atoms with E-state index in [0.717, 1.165) is 0 Å². The van der Waals surface area contributed by atoms with Crippen LogP contribution in [-0.4, -0.2) is 83.1 Å². The molecule has 0 aliphatic rings. The molecular weight excluding hydrogens is 584 g/mol. The van der Waals surface area contributed by atoms with Crippen molar-refractivity contribution in [2.45, 2.75) is 49.9 Å². The number of amides is 3. The molecule has 3 amide bonds. The quantitative estimate of drug-likeness (QED) is 0.0840. The molecule has 0 aliphatic carbocycles. The lowest BCUT2D eigenvalue weighted by Gasteiger charge is -2.25. The fraction of sp³-hybridized carbons (Fsp3) is 0.267. The van der Waals surface area contributed by atoms with Gasteiger partial charge >= 0.3 is 5.97 Å². The van der Waals surface area contributed by atoms with E-state index in [0.29, 0.717) is 22.5 Å². The summed E-state index contributed by atoms with van der Waals surface area (Å²) < 4.78 is 0. The summed E-state index contributed by atoms with van der Waals surface area (Å²) in [6.07, 6.45) is 5.73. The standard InChI is InChI=1S/C30H34N8O7/c31-23(9-17-1-5-21(39)6-2-17)27(41)36-24(11-19-13-32-15-34-19)28(42)37-25(12-20-14-33-16-35-20)29(43)38-26(30(44)45)10-18-3-7-22(40)8-4-18/h1-8,13-16,23-26,39-40H,9-12,31H2,(H,32,34)(H,33,35)(H,36,41)(H,37,42)(H,38,43)(H,44,45). The van der Waals surface area contributed by atoms with Crippen molar-refractivity contribution < 1.29 is 34.5 Å². The molecule has 2 heterocycles. The van der Waals surface area contributed by atoms with Crippen LogP contribution in [0.2, 0.25) is 0 Å². The number of nitrogens with one attached hydrogen (secondary N) is 5. The fourth-order valence-electron chi connectivity index (χ4n) is 4.52. The first-order valence-corrected chi connectivity index (χ1v) is 14.0. The number of phenolic OH excluding ortho intramolecular Hbond substituents is 2. The third-order valence-corrected chi connectivity index (χ3v) is 6.94. The van der Waals surface area contributed by atoms with Crippen LogP contribution in [0.5, 0.6) is 11.5 Å². The van der Waals surface area contributed by atoms with Gasteiger partial charge in [-0.2, -0.15) is 0 Å². The molecule has 2 aromatic heterocycles. The number of aromatic hydroxyl groups is 2. The number of rotatable bonds is 15. The van der Waals surface area contributed by atoms with Gasteiger partial charge in [-0.05, 0) is 41.8 Å². The Morgan fingerprint density at radius 2 is 1.07 bits per heavy atom. The monoisotopic (exact) mass is 618 g/mol. The zero-order chi connectivity index (χ0) is 32.3. The van der Waals surface area contributed by atoms with Crippen LogP contribution < -0.4 is 21.7 Å². The maximum absolute atomic E-state index is 13.6. The van der Waals surface area contributed by atoms with Crippen molar-refractivity contribution in [3.8, 4) is 11.5 Å². The van der Waals surface area contributed by atoms with Gasteiger partial charge < -0.3 is 47.0 Å². The first-order valence-electron chi connectivity index (χ1n) is 14.0. The number of hydrogen-bond donors (Lipinski definition) is 9. The van der Waals surface area contributed by atoms with E-state index in [-0.39, 0.29) is 37.2 Å². The van der Waals surface area contributed by atoms with Crippen molar-refractivity contribution in [3.63, 3.8) is 0 Å². The molecule has 15 nitrogen and oxygen atoms in total. The summed E-state index contributed by atoms with van der Waals surface area (Å²) >= 11 is 0. The molecule has 0 fully saturated rings. The highest BCUT2D eigenvalue weighted by Gasteiger charge is 2.31. The minimum Gasteiger partial charge on any atom is -0.508 e. The van der Waals surface area contributed by atoms with Gasteiger partial charge in [0.15, 0.2) is 0 Å². The van der Waals surface area contributed by atoms with Crippen molar-refractivity contribution in [1.29, 1.82) is 0 Å². The Balaban J connectivity index is 1.50. The second-order valence-electron chi connectivity index (χ2n) is 10.4. The third kappa shape index (κ3) is 9.65. The van der Waals surface area contributed by atoms with Gasteiger partial charge in [0.05, 0.1) is 18.7 Å². The summed E-state index contributed by atoms with van der Waals surface area (Å²) in [7, 11) is 0. The Kier molecular flexibility index (Phi) is 10.8. The molecule has 0 saturated carbocycles. The molecule has 0 aliphatic heterocycles. The lowest BCUT2D eigenvalue weighted by molar-refractivity contribution is -0.142. The number of phenols is 2. The van der Waals surface area contributed by atoms with Gasteiger partial charge in [0, 0.05) is 43.0 Å². The van der Waals surface area contributed by atoms with Crippen molar-refractivity contribution >= 4 is 23.7 Å². The Morgan fingerprint density at radius 1 is 0.644 bits per heavy atom. The highest BCUT2D eigenvalue weighted by atomic mass is 16.4. The Hall–Kier alpha value is -5.70. The van der Waals surface area contributed by atoms with Gasteiger partial charge in [-0.1, -0.05) is 24.3 Å². The molecule has 4 aromatic rings. The number of nitrogens with two attached hydrogens (primary N) is 1. The normalized spacial score (nSPS) is 13.6. The Morgan fingerprint density at radius 3 is 1.49 bits per heavy atom. The van der Waals surface area contributed by atoms with Crippen LogP contribution in [0.25, 0.3) is 0 Å². The van der Waals surface area contributed by atoms with E-state index in [1.165, 1.54) is 61.4 Å². The lowest BCUT2D eigenvalue weighted by atomic mass is 10.0. The predicted octanol–water partition coefficient (Wildman–Crippen LogP) is -0.319. The summed E-state index contributed by atoms with van der Waals surface area (Å²) in [6, 6.07) is 7.26.